The molecule has 0 bridgehead atoms. The van der Waals surface area contributed by atoms with Gasteiger partial charge < -0.3 is 28.7 Å². The van der Waals surface area contributed by atoms with Crippen LogP contribution in [0.5, 0.6) is 0 Å². The molecule has 56 heavy (non-hydrogen) atoms. The summed E-state index contributed by atoms with van der Waals surface area (Å²) in [6, 6.07) is 0.0487. The Morgan fingerprint density at radius 1 is 0.518 bits per heavy atom. The smallest absolute Gasteiger partial charge is 0.333 e. The van der Waals surface area contributed by atoms with E-state index in [4.69, 9.17) is 13.6 Å². The summed E-state index contributed by atoms with van der Waals surface area (Å²) in [4.78, 5) is 2.17. The number of aliphatic hydroxyl groups is 2. The third kappa shape index (κ3) is 39.7. The van der Waals surface area contributed by atoms with Gasteiger partial charge in [-0.05, 0) is 129 Å². The van der Waals surface area contributed by atoms with Gasteiger partial charge in [0.1, 0.15) is 6.29 Å². The van der Waals surface area contributed by atoms with Crippen LogP contribution in [0.25, 0.3) is 0 Å². The summed E-state index contributed by atoms with van der Waals surface area (Å²) in [6.07, 6.45) is 53.2. The molecule has 0 aromatic heterocycles. The van der Waals surface area contributed by atoms with Crippen LogP contribution in [-0.2, 0) is 13.6 Å². The van der Waals surface area contributed by atoms with Crippen LogP contribution in [0.2, 0.25) is 13.1 Å². The number of ether oxygens (including phenoxy) is 1. The molecule has 0 radical (unpaired) electrons. The number of unbranched alkanes of at least 4 members (excludes halogenated alkanes) is 20. The van der Waals surface area contributed by atoms with Gasteiger partial charge in [-0.25, -0.2) is 0 Å². The predicted octanol–water partition coefficient (Wildman–Crippen LogP) is 13.9. The molecule has 0 saturated heterocycles. The van der Waals surface area contributed by atoms with E-state index >= 15 is 0 Å². The summed E-state index contributed by atoms with van der Waals surface area (Å²) in [5.74, 6) is 0. The van der Waals surface area contributed by atoms with Gasteiger partial charge >= 0.3 is 8.56 Å². The topological polar surface area (TPSA) is 71.4 Å². The molecule has 0 aromatic carbocycles. The van der Waals surface area contributed by atoms with Crippen molar-refractivity contribution in [2.75, 3.05) is 40.0 Å². The molecule has 0 aliphatic heterocycles. The predicted molar refractivity (Wildman–Crippen MR) is 247 cm³/mol. The van der Waals surface area contributed by atoms with E-state index in [-0.39, 0.29) is 25.5 Å². The molecule has 2 atom stereocenters. The molecule has 0 fully saturated rings. The van der Waals surface area contributed by atoms with E-state index in [0.29, 0.717) is 6.42 Å². The summed E-state index contributed by atoms with van der Waals surface area (Å²) < 4.78 is 19.4. The molecule has 0 amide bonds. The average molecular weight is 806 g/mol. The van der Waals surface area contributed by atoms with Gasteiger partial charge in [0.05, 0.1) is 6.61 Å². The maximum Gasteiger partial charge on any atom is 0.333 e. The van der Waals surface area contributed by atoms with Crippen molar-refractivity contribution >= 4 is 8.56 Å². The van der Waals surface area contributed by atoms with Crippen molar-refractivity contribution in [2.24, 2.45) is 0 Å². The van der Waals surface area contributed by atoms with Crippen molar-refractivity contribution in [3.63, 3.8) is 0 Å². The molecule has 6 nitrogen and oxygen atoms in total. The second-order valence-electron chi connectivity index (χ2n) is 16.5. The van der Waals surface area contributed by atoms with Crippen molar-refractivity contribution in [3.8, 4) is 0 Å². The van der Waals surface area contributed by atoms with Crippen molar-refractivity contribution < 1.29 is 23.8 Å². The van der Waals surface area contributed by atoms with Gasteiger partial charge in [0.15, 0.2) is 0 Å². The standard InChI is InChI=1S/C49H95NO5Si/c1-6-8-10-12-14-16-18-20-22-24-26-28-30-32-35-39-45-53-49(41-37-33-31-29-27-25-23-21-19-17-15-13-11-9-7-2)55-56(4,5)54-46-40-36-34-38-43-50(3)48(47-52)42-44-51/h14-17,20-23,48-49,51-52H,6-13,18-19,24-47H2,1-5H3/b16-14-,17-15-,22-20-,23-21-. The number of allylic oxidation sites excluding steroid dienone is 8. The maximum absolute atomic E-state index is 9.55. The van der Waals surface area contributed by atoms with E-state index in [1.165, 1.54) is 122 Å². The summed E-state index contributed by atoms with van der Waals surface area (Å²) in [7, 11) is -0.272. The molecular formula is C49H95NO5Si. The Kier molecular flexibility index (Phi) is 42.7. The summed E-state index contributed by atoms with van der Waals surface area (Å²) >= 11 is 0. The van der Waals surface area contributed by atoms with E-state index in [2.05, 4.69) is 80.4 Å². The van der Waals surface area contributed by atoms with Gasteiger partial charge in [-0.15, -0.1) is 0 Å². The van der Waals surface area contributed by atoms with E-state index < -0.39 is 8.56 Å². The van der Waals surface area contributed by atoms with E-state index in [1.54, 1.807) is 0 Å². The fourth-order valence-electron chi connectivity index (χ4n) is 6.87. The Bertz CT molecular complexity index is 907. The van der Waals surface area contributed by atoms with E-state index in [9.17, 15) is 10.2 Å². The fraction of sp³-hybridized carbons (Fsp3) is 0.837. The van der Waals surface area contributed by atoms with Crippen molar-refractivity contribution in [2.45, 2.75) is 225 Å². The molecule has 0 aliphatic carbocycles. The van der Waals surface area contributed by atoms with Crippen LogP contribution in [0.4, 0.5) is 0 Å². The largest absolute Gasteiger partial charge is 0.396 e. The Morgan fingerprint density at radius 2 is 0.964 bits per heavy atom. The minimum Gasteiger partial charge on any atom is -0.396 e. The number of likely N-dealkylation sites (N-methyl/N-ethyl adjacent to an activating group) is 1. The highest BCUT2D eigenvalue weighted by Crippen LogP contribution is 2.19. The third-order valence-corrected chi connectivity index (χ3v) is 12.3. The lowest BCUT2D eigenvalue weighted by atomic mass is 10.1. The summed E-state index contributed by atoms with van der Waals surface area (Å²) in [5.41, 5.74) is 0. The van der Waals surface area contributed by atoms with Crippen LogP contribution in [0.3, 0.4) is 0 Å². The van der Waals surface area contributed by atoms with Crippen LogP contribution in [-0.4, -0.2) is 76.0 Å². The second kappa shape index (κ2) is 43.5. The van der Waals surface area contributed by atoms with Gasteiger partial charge in [-0.1, -0.05) is 146 Å². The Balaban J connectivity index is 4.42. The highest BCUT2D eigenvalue weighted by Gasteiger charge is 2.29. The molecule has 0 aliphatic rings. The maximum atomic E-state index is 9.55. The minimum absolute atomic E-state index is 0.0487. The molecule has 0 rings (SSSR count). The van der Waals surface area contributed by atoms with E-state index in [0.717, 1.165) is 77.5 Å². The normalized spacial score (nSPS) is 13.9. The first-order valence-corrected chi connectivity index (χ1v) is 26.7. The van der Waals surface area contributed by atoms with E-state index in [1.807, 2.05) is 7.05 Å². The molecular weight excluding hydrogens is 711 g/mol. The molecule has 2 N–H and O–H groups in total. The lowest BCUT2D eigenvalue weighted by molar-refractivity contribution is -0.104. The highest BCUT2D eigenvalue weighted by atomic mass is 28.4. The zero-order chi connectivity index (χ0) is 41.1. The first kappa shape index (κ1) is 54.9. The van der Waals surface area contributed by atoms with Gasteiger partial charge in [-0.3, -0.25) is 0 Å². The van der Waals surface area contributed by atoms with Crippen LogP contribution in [0, 0.1) is 0 Å². The summed E-state index contributed by atoms with van der Waals surface area (Å²) in [5, 5.41) is 18.8. The molecule has 2 unspecified atom stereocenters. The van der Waals surface area contributed by atoms with Crippen LogP contribution >= 0.6 is 0 Å². The Hall–Kier alpha value is -1.06. The molecule has 7 heteroatoms. The molecule has 330 valence electrons. The van der Waals surface area contributed by atoms with Crippen molar-refractivity contribution in [3.05, 3.63) is 48.6 Å². The molecule has 0 heterocycles. The summed E-state index contributed by atoms with van der Waals surface area (Å²) in [6.45, 7) is 11.5. The Labute approximate surface area is 350 Å². The SMILES string of the molecule is CCCCC/C=C\C/C=C\CCCCCCCCOC(CCCCCCC/C=C\C/C=C\CCCCC)O[Si](C)(C)OCCCCCCN(C)C(CO)CCO. The van der Waals surface area contributed by atoms with Gasteiger partial charge in [0.2, 0.25) is 0 Å². The van der Waals surface area contributed by atoms with Crippen LogP contribution < -0.4 is 0 Å². The number of nitrogens with zero attached hydrogens (tertiary/aromatic N) is 1. The van der Waals surface area contributed by atoms with Gasteiger partial charge in [0.25, 0.3) is 0 Å². The zero-order valence-corrected chi connectivity index (χ0v) is 38.9. The Morgan fingerprint density at radius 3 is 1.46 bits per heavy atom. The third-order valence-electron chi connectivity index (χ3n) is 10.6. The fourth-order valence-corrected chi connectivity index (χ4v) is 8.39. The van der Waals surface area contributed by atoms with Gasteiger partial charge in [0, 0.05) is 25.9 Å². The number of hydrogen-bond donors (Lipinski definition) is 2. The lowest BCUT2D eigenvalue weighted by Gasteiger charge is -2.29. The molecule has 0 spiro atoms. The first-order valence-electron chi connectivity index (χ1n) is 23.8. The van der Waals surface area contributed by atoms with Crippen molar-refractivity contribution in [1.29, 1.82) is 0 Å². The second-order valence-corrected chi connectivity index (χ2v) is 19.8. The van der Waals surface area contributed by atoms with Crippen molar-refractivity contribution in [1.82, 2.24) is 4.90 Å². The minimum atomic E-state index is -2.31. The number of rotatable bonds is 44. The molecule has 0 aromatic rings. The number of aliphatic hydroxyl groups excluding tert-OH is 2. The number of hydrogen-bond acceptors (Lipinski definition) is 6. The monoisotopic (exact) mass is 806 g/mol. The zero-order valence-electron chi connectivity index (χ0n) is 37.9. The average Bonchev–Trinajstić information content (AvgIpc) is 3.18. The quantitative estimate of drug-likeness (QED) is 0.0277. The first-order chi connectivity index (χ1) is 27.4. The molecule has 0 saturated carbocycles. The highest BCUT2D eigenvalue weighted by molar-refractivity contribution is 6.64. The van der Waals surface area contributed by atoms with Crippen LogP contribution in [0.15, 0.2) is 48.6 Å². The van der Waals surface area contributed by atoms with Gasteiger partial charge in [-0.2, -0.15) is 0 Å². The van der Waals surface area contributed by atoms with Crippen LogP contribution in [0.1, 0.15) is 200 Å². The lowest BCUT2D eigenvalue weighted by Crippen LogP contribution is -2.40.